The molecule has 8 heteroatoms. The number of carbonyl (C=O) groups is 2. The number of halogens is 2. The van der Waals surface area contributed by atoms with Crippen LogP contribution in [0.25, 0.3) is 0 Å². The minimum atomic E-state index is -0.175. The van der Waals surface area contributed by atoms with E-state index in [-0.39, 0.29) is 24.3 Å². The van der Waals surface area contributed by atoms with Gasteiger partial charge in [-0.25, -0.2) is 4.98 Å². The molecular formula is C19H20Cl2N4O2. The maximum absolute atomic E-state index is 12.6. The second-order valence-corrected chi connectivity index (χ2v) is 7.25. The van der Waals surface area contributed by atoms with Gasteiger partial charge in [0.25, 0.3) is 5.91 Å². The second-order valence-electron chi connectivity index (χ2n) is 6.41. The summed E-state index contributed by atoms with van der Waals surface area (Å²) in [6.45, 7) is 0.843. The van der Waals surface area contributed by atoms with E-state index in [2.05, 4.69) is 15.3 Å². The van der Waals surface area contributed by atoms with Crippen molar-refractivity contribution in [3.8, 4) is 0 Å². The number of nitrogens with zero attached hydrogens (tertiary/aromatic N) is 3. The topological polar surface area (TPSA) is 75.2 Å². The molecule has 1 heterocycles. The summed E-state index contributed by atoms with van der Waals surface area (Å²) in [5, 5.41) is 4.04. The van der Waals surface area contributed by atoms with Gasteiger partial charge in [-0.2, -0.15) is 0 Å². The molecule has 1 aliphatic carbocycles. The van der Waals surface area contributed by atoms with Crippen LogP contribution in [0, 0.1) is 0 Å². The standard InChI is InChI=1S/C19H20Cl2N4O2/c20-14-2-1-13(16(21)11-14)5-7-24-18(26)6-10-25(15-3-4-15)19(27)17-12-22-8-9-23-17/h1-2,8-9,11-12,15H,3-7,10H2,(H,24,26). The number of rotatable bonds is 8. The summed E-state index contributed by atoms with van der Waals surface area (Å²) in [6.07, 6.45) is 7.26. The fraction of sp³-hybridized carbons (Fsp3) is 0.368. The molecule has 2 amide bonds. The molecule has 142 valence electrons. The molecule has 2 aromatic rings. The van der Waals surface area contributed by atoms with Crippen molar-refractivity contribution in [2.75, 3.05) is 13.1 Å². The summed E-state index contributed by atoms with van der Waals surface area (Å²) in [6, 6.07) is 5.51. The Balaban J connectivity index is 1.46. The van der Waals surface area contributed by atoms with Gasteiger partial charge in [0.2, 0.25) is 5.91 Å². The molecule has 0 saturated heterocycles. The molecule has 3 rings (SSSR count). The quantitative estimate of drug-likeness (QED) is 0.730. The highest BCUT2D eigenvalue weighted by Gasteiger charge is 2.33. The third-order valence-corrected chi connectivity index (χ3v) is 4.93. The lowest BCUT2D eigenvalue weighted by atomic mass is 10.1. The highest BCUT2D eigenvalue weighted by atomic mass is 35.5. The van der Waals surface area contributed by atoms with Gasteiger partial charge in [-0.1, -0.05) is 29.3 Å². The maximum atomic E-state index is 12.6. The van der Waals surface area contributed by atoms with Crippen LogP contribution >= 0.6 is 23.2 Å². The minimum Gasteiger partial charge on any atom is -0.356 e. The number of carbonyl (C=O) groups excluding carboxylic acids is 2. The fourth-order valence-electron chi connectivity index (χ4n) is 2.76. The van der Waals surface area contributed by atoms with E-state index in [1.165, 1.54) is 18.6 Å². The van der Waals surface area contributed by atoms with Crippen molar-refractivity contribution in [2.24, 2.45) is 0 Å². The first-order valence-electron chi connectivity index (χ1n) is 8.82. The van der Waals surface area contributed by atoms with Crippen LogP contribution in [0.4, 0.5) is 0 Å². The van der Waals surface area contributed by atoms with E-state index in [1.54, 1.807) is 17.0 Å². The first-order chi connectivity index (χ1) is 13.0. The highest BCUT2D eigenvalue weighted by molar-refractivity contribution is 6.35. The van der Waals surface area contributed by atoms with Gasteiger partial charge >= 0.3 is 0 Å². The molecule has 1 saturated carbocycles. The normalized spacial score (nSPS) is 13.3. The number of amides is 2. The lowest BCUT2D eigenvalue weighted by molar-refractivity contribution is -0.121. The van der Waals surface area contributed by atoms with E-state index >= 15 is 0 Å². The number of benzene rings is 1. The van der Waals surface area contributed by atoms with Crippen LogP contribution in [0.2, 0.25) is 10.0 Å². The molecule has 27 heavy (non-hydrogen) atoms. The molecule has 0 bridgehead atoms. The van der Waals surface area contributed by atoms with Crippen LogP contribution < -0.4 is 5.32 Å². The lowest BCUT2D eigenvalue weighted by Crippen LogP contribution is -2.37. The van der Waals surface area contributed by atoms with Crippen LogP contribution in [-0.4, -0.2) is 45.8 Å². The molecular weight excluding hydrogens is 387 g/mol. The zero-order valence-electron chi connectivity index (χ0n) is 14.7. The third kappa shape index (κ3) is 5.65. The third-order valence-electron chi connectivity index (χ3n) is 4.34. The SMILES string of the molecule is O=C(CCN(C(=O)c1cnccn1)C1CC1)NCCc1ccc(Cl)cc1Cl. The first kappa shape index (κ1) is 19.6. The molecule has 0 aliphatic heterocycles. The van der Waals surface area contributed by atoms with Gasteiger partial charge in [0.1, 0.15) is 5.69 Å². The van der Waals surface area contributed by atoms with Crippen LogP contribution in [0.3, 0.4) is 0 Å². The summed E-state index contributed by atoms with van der Waals surface area (Å²) < 4.78 is 0. The fourth-order valence-corrected chi connectivity index (χ4v) is 3.27. The molecule has 0 radical (unpaired) electrons. The molecule has 1 N–H and O–H groups in total. The Morgan fingerprint density at radius 3 is 2.70 bits per heavy atom. The van der Waals surface area contributed by atoms with Crippen molar-refractivity contribution in [1.82, 2.24) is 20.2 Å². The van der Waals surface area contributed by atoms with E-state index in [0.717, 1.165) is 18.4 Å². The van der Waals surface area contributed by atoms with Gasteiger partial charge in [-0.05, 0) is 37.0 Å². The zero-order valence-corrected chi connectivity index (χ0v) is 16.2. The van der Waals surface area contributed by atoms with Crippen molar-refractivity contribution in [3.05, 3.63) is 58.1 Å². The van der Waals surface area contributed by atoms with E-state index in [1.807, 2.05) is 6.07 Å². The van der Waals surface area contributed by atoms with Crippen molar-refractivity contribution in [1.29, 1.82) is 0 Å². The molecule has 0 unspecified atom stereocenters. The second kappa shape index (κ2) is 9.15. The van der Waals surface area contributed by atoms with Gasteiger partial charge in [-0.3, -0.25) is 14.6 Å². The minimum absolute atomic E-state index is 0.0994. The Hall–Kier alpha value is -2.18. The highest BCUT2D eigenvalue weighted by Crippen LogP contribution is 2.28. The van der Waals surface area contributed by atoms with Crippen molar-refractivity contribution in [2.45, 2.75) is 31.7 Å². The Bertz CT molecular complexity index is 813. The summed E-state index contributed by atoms with van der Waals surface area (Å²) in [7, 11) is 0. The van der Waals surface area contributed by atoms with Crippen LogP contribution in [0.15, 0.2) is 36.8 Å². The molecule has 1 aliphatic rings. The number of hydrogen-bond acceptors (Lipinski definition) is 4. The molecule has 0 atom stereocenters. The smallest absolute Gasteiger partial charge is 0.274 e. The summed E-state index contributed by atoms with van der Waals surface area (Å²) in [5.41, 5.74) is 1.24. The molecule has 1 aromatic carbocycles. The van der Waals surface area contributed by atoms with Crippen LogP contribution in [-0.2, 0) is 11.2 Å². The predicted molar refractivity (Wildman–Crippen MR) is 104 cm³/mol. The van der Waals surface area contributed by atoms with Gasteiger partial charge < -0.3 is 10.2 Å². The molecule has 6 nitrogen and oxygen atoms in total. The van der Waals surface area contributed by atoms with E-state index in [9.17, 15) is 9.59 Å². The lowest BCUT2D eigenvalue weighted by Gasteiger charge is -2.21. The summed E-state index contributed by atoms with van der Waals surface area (Å²) in [5.74, 6) is -0.274. The Morgan fingerprint density at radius 2 is 2.04 bits per heavy atom. The van der Waals surface area contributed by atoms with Gasteiger partial charge in [0, 0.05) is 48.0 Å². The largest absolute Gasteiger partial charge is 0.356 e. The number of hydrogen-bond donors (Lipinski definition) is 1. The van der Waals surface area contributed by atoms with Crippen LogP contribution in [0.1, 0.15) is 35.3 Å². The van der Waals surface area contributed by atoms with E-state index < -0.39 is 0 Å². The van der Waals surface area contributed by atoms with Crippen molar-refractivity contribution in [3.63, 3.8) is 0 Å². The van der Waals surface area contributed by atoms with Crippen molar-refractivity contribution >= 4 is 35.0 Å². The molecule has 1 aromatic heterocycles. The van der Waals surface area contributed by atoms with E-state index in [4.69, 9.17) is 23.2 Å². The average Bonchev–Trinajstić information content (AvgIpc) is 3.49. The Kier molecular flexibility index (Phi) is 6.63. The zero-order chi connectivity index (χ0) is 19.2. The molecule has 0 spiro atoms. The van der Waals surface area contributed by atoms with E-state index in [0.29, 0.717) is 35.2 Å². The van der Waals surface area contributed by atoms with Gasteiger partial charge in [-0.15, -0.1) is 0 Å². The summed E-state index contributed by atoms with van der Waals surface area (Å²) in [4.78, 5) is 34.4. The monoisotopic (exact) mass is 406 g/mol. The first-order valence-corrected chi connectivity index (χ1v) is 9.58. The average molecular weight is 407 g/mol. The summed E-state index contributed by atoms with van der Waals surface area (Å²) >= 11 is 12.0. The predicted octanol–water partition coefficient (Wildman–Crippen LogP) is 3.14. The maximum Gasteiger partial charge on any atom is 0.274 e. The van der Waals surface area contributed by atoms with Crippen LogP contribution in [0.5, 0.6) is 0 Å². The Labute approximate surface area is 167 Å². The number of nitrogens with one attached hydrogen (secondary N) is 1. The van der Waals surface area contributed by atoms with Crippen molar-refractivity contribution < 1.29 is 9.59 Å². The van der Waals surface area contributed by atoms with Gasteiger partial charge in [0.15, 0.2) is 0 Å². The molecule has 1 fully saturated rings. The Morgan fingerprint density at radius 1 is 1.22 bits per heavy atom. The number of aromatic nitrogens is 2. The van der Waals surface area contributed by atoms with Gasteiger partial charge in [0.05, 0.1) is 6.20 Å².